The lowest BCUT2D eigenvalue weighted by atomic mass is 10.1. The van der Waals surface area contributed by atoms with E-state index in [1.165, 1.54) is 5.56 Å². The minimum Gasteiger partial charge on any atom is -0.497 e. The molecule has 20 heavy (non-hydrogen) atoms. The maximum Gasteiger partial charge on any atom is 0.191 e. The first kappa shape index (κ1) is 14.5. The summed E-state index contributed by atoms with van der Waals surface area (Å²) in [7, 11) is 3.33. The lowest BCUT2D eigenvalue weighted by Crippen LogP contribution is -2.45. The topological polar surface area (TPSA) is 54.9 Å². The number of benzene rings is 1. The maximum absolute atomic E-state index is 5.27. The van der Waals surface area contributed by atoms with Crippen molar-refractivity contribution in [3.8, 4) is 11.5 Å². The largest absolute Gasteiger partial charge is 0.497 e. The first-order chi connectivity index (χ1) is 9.71. The van der Waals surface area contributed by atoms with Gasteiger partial charge >= 0.3 is 0 Å². The Hall–Kier alpha value is -1.91. The molecule has 0 bridgehead atoms. The average Bonchev–Trinajstić information content (AvgIpc) is 2.47. The molecule has 0 radical (unpaired) electrons. The van der Waals surface area contributed by atoms with Crippen molar-refractivity contribution in [2.45, 2.75) is 25.8 Å². The highest BCUT2D eigenvalue weighted by molar-refractivity contribution is 5.80. The molecule has 0 fully saturated rings. The Morgan fingerprint density at radius 3 is 2.55 bits per heavy atom. The maximum atomic E-state index is 5.27. The van der Waals surface area contributed by atoms with Gasteiger partial charge in [-0.05, 0) is 37.5 Å². The Morgan fingerprint density at radius 2 is 1.95 bits per heavy atom. The lowest BCUT2D eigenvalue weighted by Gasteiger charge is -2.22. The van der Waals surface area contributed by atoms with Gasteiger partial charge < -0.3 is 20.1 Å². The molecule has 0 saturated heterocycles. The number of ether oxygens (including phenoxy) is 2. The van der Waals surface area contributed by atoms with Crippen LogP contribution in [0.25, 0.3) is 0 Å². The predicted molar refractivity (Wildman–Crippen MR) is 80.8 cm³/mol. The summed E-state index contributed by atoms with van der Waals surface area (Å²) >= 11 is 0. The summed E-state index contributed by atoms with van der Waals surface area (Å²) in [6.07, 6.45) is 1.99. The molecule has 1 aromatic rings. The molecule has 1 heterocycles. The number of aliphatic imine (C=N–C) groups is 1. The van der Waals surface area contributed by atoms with Gasteiger partial charge in [-0.1, -0.05) is 0 Å². The van der Waals surface area contributed by atoms with E-state index in [0.29, 0.717) is 6.04 Å². The summed E-state index contributed by atoms with van der Waals surface area (Å²) in [5, 5.41) is 6.67. The van der Waals surface area contributed by atoms with Crippen LogP contribution in [0.15, 0.2) is 23.2 Å². The summed E-state index contributed by atoms with van der Waals surface area (Å²) in [5.41, 5.74) is 1.18. The van der Waals surface area contributed by atoms with Crippen LogP contribution in [0.2, 0.25) is 0 Å². The molecule has 0 spiro atoms. The van der Waals surface area contributed by atoms with Crippen molar-refractivity contribution in [2.24, 2.45) is 4.99 Å². The van der Waals surface area contributed by atoms with Gasteiger partial charge in [0.2, 0.25) is 0 Å². The minimum atomic E-state index is 0.493. The standard InChI is InChI=1S/C15H23N3O2/c1-11-4-6-16-15(18-11)17-7-5-12-8-13(19-2)10-14(9-12)20-3/h8-11H,4-7H2,1-3H3,(H2,16,17,18). The zero-order valence-electron chi connectivity index (χ0n) is 12.4. The highest BCUT2D eigenvalue weighted by Crippen LogP contribution is 2.22. The highest BCUT2D eigenvalue weighted by Gasteiger charge is 2.10. The molecule has 1 atom stereocenters. The molecule has 0 aromatic heterocycles. The zero-order chi connectivity index (χ0) is 14.4. The van der Waals surface area contributed by atoms with Gasteiger partial charge in [-0.3, -0.25) is 4.99 Å². The van der Waals surface area contributed by atoms with Crippen LogP contribution in [-0.4, -0.2) is 39.3 Å². The SMILES string of the molecule is COc1cc(CCNC2=NCCC(C)N2)cc(OC)c1. The van der Waals surface area contributed by atoms with Crippen molar-refractivity contribution >= 4 is 5.96 Å². The number of hydrogen-bond donors (Lipinski definition) is 2. The Balaban J connectivity index is 1.89. The van der Waals surface area contributed by atoms with Crippen molar-refractivity contribution in [1.82, 2.24) is 10.6 Å². The number of guanidine groups is 1. The molecule has 1 aliphatic heterocycles. The van der Waals surface area contributed by atoms with Crippen LogP contribution in [0.1, 0.15) is 18.9 Å². The second-order valence-corrected chi connectivity index (χ2v) is 4.96. The first-order valence-electron chi connectivity index (χ1n) is 6.98. The molecule has 0 aliphatic carbocycles. The monoisotopic (exact) mass is 277 g/mol. The van der Waals surface area contributed by atoms with Gasteiger partial charge in [0.15, 0.2) is 5.96 Å². The van der Waals surface area contributed by atoms with E-state index in [0.717, 1.165) is 43.4 Å². The number of hydrogen-bond acceptors (Lipinski definition) is 5. The van der Waals surface area contributed by atoms with Gasteiger partial charge in [0, 0.05) is 25.2 Å². The first-order valence-corrected chi connectivity index (χ1v) is 6.98. The number of methoxy groups -OCH3 is 2. The molecular weight excluding hydrogens is 254 g/mol. The highest BCUT2D eigenvalue weighted by atomic mass is 16.5. The third-order valence-electron chi connectivity index (χ3n) is 3.33. The molecule has 2 N–H and O–H groups in total. The van der Waals surface area contributed by atoms with Crippen LogP contribution in [0, 0.1) is 0 Å². The van der Waals surface area contributed by atoms with Crippen molar-refractivity contribution < 1.29 is 9.47 Å². The zero-order valence-corrected chi connectivity index (χ0v) is 12.4. The molecule has 5 nitrogen and oxygen atoms in total. The van der Waals surface area contributed by atoms with Crippen molar-refractivity contribution in [3.63, 3.8) is 0 Å². The lowest BCUT2D eigenvalue weighted by molar-refractivity contribution is 0.393. The number of nitrogens with one attached hydrogen (secondary N) is 2. The molecule has 0 amide bonds. The summed E-state index contributed by atoms with van der Waals surface area (Å²) in [4.78, 5) is 4.42. The molecular formula is C15H23N3O2. The smallest absolute Gasteiger partial charge is 0.191 e. The Bertz CT molecular complexity index is 452. The van der Waals surface area contributed by atoms with E-state index < -0.39 is 0 Å². The summed E-state index contributed by atoms with van der Waals surface area (Å²) in [6.45, 7) is 3.89. The van der Waals surface area contributed by atoms with Crippen LogP contribution >= 0.6 is 0 Å². The van der Waals surface area contributed by atoms with E-state index in [2.05, 4.69) is 22.5 Å². The molecule has 1 unspecified atom stereocenters. The molecule has 0 saturated carbocycles. The van der Waals surface area contributed by atoms with Crippen LogP contribution in [-0.2, 0) is 6.42 Å². The van der Waals surface area contributed by atoms with E-state index >= 15 is 0 Å². The quantitative estimate of drug-likeness (QED) is 0.858. The average molecular weight is 277 g/mol. The fourth-order valence-electron chi connectivity index (χ4n) is 2.16. The van der Waals surface area contributed by atoms with Crippen molar-refractivity contribution in [3.05, 3.63) is 23.8 Å². The minimum absolute atomic E-state index is 0.493. The van der Waals surface area contributed by atoms with E-state index in [1.807, 2.05) is 18.2 Å². The van der Waals surface area contributed by atoms with Crippen molar-refractivity contribution in [1.29, 1.82) is 0 Å². The summed E-state index contributed by atoms with van der Waals surface area (Å²) < 4.78 is 10.5. The van der Waals surface area contributed by atoms with Gasteiger partial charge in [0.25, 0.3) is 0 Å². The van der Waals surface area contributed by atoms with Crippen LogP contribution in [0.5, 0.6) is 11.5 Å². The Morgan fingerprint density at radius 1 is 1.25 bits per heavy atom. The summed E-state index contributed by atoms with van der Waals surface area (Å²) in [6, 6.07) is 6.43. The van der Waals surface area contributed by atoms with Gasteiger partial charge in [-0.15, -0.1) is 0 Å². The van der Waals surface area contributed by atoms with E-state index in [1.54, 1.807) is 14.2 Å². The molecule has 110 valence electrons. The fraction of sp³-hybridized carbons (Fsp3) is 0.533. The van der Waals surface area contributed by atoms with Gasteiger partial charge in [0.05, 0.1) is 14.2 Å². The second-order valence-electron chi connectivity index (χ2n) is 4.96. The molecule has 1 aliphatic rings. The summed E-state index contributed by atoms with van der Waals surface area (Å²) in [5.74, 6) is 2.54. The van der Waals surface area contributed by atoms with Crippen LogP contribution in [0.3, 0.4) is 0 Å². The Kier molecular flexibility index (Phi) is 5.09. The Labute approximate surface area is 120 Å². The number of rotatable bonds is 5. The van der Waals surface area contributed by atoms with Crippen molar-refractivity contribution in [2.75, 3.05) is 27.3 Å². The third kappa shape index (κ3) is 4.05. The van der Waals surface area contributed by atoms with Gasteiger partial charge in [0.1, 0.15) is 11.5 Å². The molecule has 5 heteroatoms. The van der Waals surface area contributed by atoms with Gasteiger partial charge in [-0.25, -0.2) is 0 Å². The predicted octanol–water partition coefficient (Wildman–Crippen LogP) is 1.57. The van der Waals surface area contributed by atoms with E-state index in [-0.39, 0.29) is 0 Å². The van der Waals surface area contributed by atoms with Crippen LogP contribution < -0.4 is 20.1 Å². The number of nitrogens with zero attached hydrogens (tertiary/aromatic N) is 1. The molecule has 1 aromatic carbocycles. The fourth-order valence-corrected chi connectivity index (χ4v) is 2.16. The normalized spacial score (nSPS) is 17.9. The van der Waals surface area contributed by atoms with E-state index in [4.69, 9.17) is 9.47 Å². The van der Waals surface area contributed by atoms with Gasteiger partial charge in [-0.2, -0.15) is 0 Å². The molecule has 2 rings (SSSR count). The third-order valence-corrected chi connectivity index (χ3v) is 3.33. The second kappa shape index (κ2) is 7.03. The van der Waals surface area contributed by atoms with Crippen LogP contribution in [0.4, 0.5) is 0 Å². The van der Waals surface area contributed by atoms with E-state index in [9.17, 15) is 0 Å².